The number of hydrogen-bond acceptors (Lipinski definition) is 8. The van der Waals surface area contributed by atoms with Gasteiger partial charge in [-0.1, -0.05) is 47.6 Å². The minimum atomic E-state index is -1.18. The second kappa shape index (κ2) is 7.86. The van der Waals surface area contributed by atoms with Crippen LogP contribution in [0.3, 0.4) is 0 Å². The third-order valence-electron chi connectivity index (χ3n) is 4.82. The second-order valence-electron chi connectivity index (χ2n) is 7.02. The van der Waals surface area contributed by atoms with Crippen LogP contribution in [-0.2, 0) is 12.8 Å². The molecule has 0 saturated carbocycles. The number of nitrogens with zero attached hydrogens (tertiary/aromatic N) is 5. The maximum atomic E-state index is 6.64. The second-order valence-corrected chi connectivity index (χ2v) is 8.43. The third kappa shape index (κ3) is 3.84. The van der Waals surface area contributed by atoms with Gasteiger partial charge in [-0.25, -0.2) is 15.0 Å². The van der Waals surface area contributed by atoms with Crippen LogP contribution >= 0.6 is 23.4 Å². The van der Waals surface area contributed by atoms with Crippen LogP contribution in [0.2, 0.25) is 5.02 Å². The van der Waals surface area contributed by atoms with Crippen molar-refractivity contribution in [2.75, 3.05) is 5.32 Å². The van der Waals surface area contributed by atoms with E-state index in [4.69, 9.17) is 22.3 Å². The molecule has 0 spiro atoms. The molecule has 3 aromatic rings. The van der Waals surface area contributed by atoms with E-state index in [1.807, 2.05) is 66.3 Å². The fourth-order valence-corrected chi connectivity index (χ4v) is 4.34. The smallest absolute Gasteiger partial charge is 0.208 e. The molecule has 8 nitrogen and oxygen atoms in total. The van der Waals surface area contributed by atoms with Crippen LogP contribution in [0.5, 0.6) is 0 Å². The van der Waals surface area contributed by atoms with E-state index in [9.17, 15) is 0 Å². The number of para-hydroxylation sites is 1. The number of hydrazine groups is 1. The van der Waals surface area contributed by atoms with Gasteiger partial charge in [0.05, 0.1) is 5.02 Å². The van der Waals surface area contributed by atoms with E-state index in [2.05, 4.69) is 20.7 Å². The molecule has 4 N–H and O–H groups in total. The summed E-state index contributed by atoms with van der Waals surface area (Å²) in [7, 11) is 1.94. The van der Waals surface area contributed by atoms with E-state index in [1.54, 1.807) is 23.6 Å². The molecule has 31 heavy (non-hydrogen) atoms. The van der Waals surface area contributed by atoms with Gasteiger partial charge in [-0.15, -0.1) is 0 Å². The molecular weight excluding hydrogens is 432 g/mol. The van der Waals surface area contributed by atoms with Crippen molar-refractivity contribution in [3.63, 3.8) is 0 Å². The molecule has 0 amide bonds. The molecule has 0 bridgehead atoms. The van der Waals surface area contributed by atoms with Crippen LogP contribution in [0.4, 0.5) is 5.69 Å². The highest BCUT2D eigenvalue weighted by Gasteiger charge is 2.39. The van der Waals surface area contributed by atoms with Crippen molar-refractivity contribution in [1.29, 1.82) is 0 Å². The van der Waals surface area contributed by atoms with Crippen LogP contribution in [0.15, 0.2) is 93.4 Å². The SMILES string of the molecule is Cn1ccnc1Sc1ccc(C2(N)N=C3C(Nc4ccccc4)=NC=CN3N2)cc1Cl. The quantitative estimate of drug-likeness (QED) is 0.563. The molecule has 0 aliphatic carbocycles. The van der Waals surface area contributed by atoms with Gasteiger partial charge in [0, 0.05) is 48.0 Å². The summed E-state index contributed by atoms with van der Waals surface area (Å²) in [5.41, 5.74) is 11.5. The Hall–Kier alpha value is -3.11. The van der Waals surface area contributed by atoms with Crippen molar-refractivity contribution in [2.45, 2.75) is 15.8 Å². The highest BCUT2D eigenvalue weighted by atomic mass is 35.5. The molecule has 0 saturated heterocycles. The third-order valence-corrected chi connectivity index (χ3v) is 6.40. The number of aliphatic imine (C=N–C) groups is 2. The number of rotatable bonds is 4. The number of nitrogens with two attached hydrogens (primary N) is 1. The largest absolute Gasteiger partial charge is 0.337 e. The first kappa shape index (κ1) is 19.8. The molecule has 1 atom stereocenters. The van der Waals surface area contributed by atoms with Gasteiger partial charge in [-0.3, -0.25) is 10.7 Å². The average Bonchev–Trinajstić information content (AvgIpc) is 3.34. The lowest BCUT2D eigenvalue weighted by Crippen LogP contribution is -2.51. The molecule has 2 aromatic carbocycles. The molecule has 156 valence electrons. The normalized spacial score (nSPS) is 19.8. The Balaban J connectivity index is 1.42. The Kier molecular flexibility index (Phi) is 5.03. The summed E-state index contributed by atoms with van der Waals surface area (Å²) in [4.78, 5) is 14.4. The lowest BCUT2D eigenvalue weighted by molar-refractivity contribution is 0.274. The van der Waals surface area contributed by atoms with E-state index in [-0.39, 0.29) is 0 Å². The molecule has 1 unspecified atom stereocenters. The summed E-state index contributed by atoms with van der Waals surface area (Å²) >= 11 is 8.07. The van der Waals surface area contributed by atoms with Gasteiger partial charge in [0.1, 0.15) is 0 Å². The summed E-state index contributed by atoms with van der Waals surface area (Å²) < 4.78 is 1.94. The van der Waals surface area contributed by atoms with Crippen LogP contribution in [-0.4, -0.2) is 26.2 Å². The Morgan fingerprint density at radius 3 is 2.77 bits per heavy atom. The lowest BCUT2D eigenvalue weighted by atomic mass is 10.1. The zero-order chi connectivity index (χ0) is 21.4. The molecule has 0 fully saturated rings. The van der Waals surface area contributed by atoms with Crippen molar-refractivity contribution < 1.29 is 0 Å². The molecule has 10 heteroatoms. The number of imidazole rings is 1. The molecule has 5 rings (SSSR count). The number of aryl methyl sites for hydroxylation is 1. The van der Waals surface area contributed by atoms with Gasteiger partial charge < -0.3 is 9.88 Å². The predicted molar refractivity (Wildman–Crippen MR) is 124 cm³/mol. The van der Waals surface area contributed by atoms with Crippen molar-refractivity contribution in [1.82, 2.24) is 20.0 Å². The maximum Gasteiger partial charge on any atom is 0.208 e. The number of aromatic nitrogens is 2. The monoisotopic (exact) mass is 450 g/mol. The fraction of sp³-hybridized carbons (Fsp3) is 0.0952. The highest BCUT2D eigenvalue weighted by Crippen LogP contribution is 2.35. The van der Waals surface area contributed by atoms with Gasteiger partial charge in [0.25, 0.3) is 0 Å². The first-order chi connectivity index (χ1) is 15.0. The van der Waals surface area contributed by atoms with Crippen LogP contribution in [0, 0.1) is 0 Å². The van der Waals surface area contributed by atoms with E-state index in [0.717, 1.165) is 21.3 Å². The number of hydrogen-bond donors (Lipinski definition) is 3. The topological polar surface area (TPSA) is 95.9 Å². The summed E-state index contributed by atoms with van der Waals surface area (Å²) in [6.45, 7) is 0. The van der Waals surface area contributed by atoms with Crippen molar-refractivity contribution >= 4 is 40.7 Å². The van der Waals surface area contributed by atoms with Gasteiger partial charge in [0.2, 0.25) is 5.79 Å². The summed E-state index contributed by atoms with van der Waals surface area (Å²) in [6.07, 6.45) is 7.11. The zero-order valence-electron chi connectivity index (χ0n) is 16.5. The Morgan fingerprint density at radius 1 is 1.19 bits per heavy atom. The lowest BCUT2D eigenvalue weighted by Gasteiger charge is -2.25. The Labute approximate surface area is 188 Å². The molecular formula is C21H19ClN8S. The molecule has 1 aromatic heterocycles. The molecule has 2 aliphatic rings. The first-order valence-corrected chi connectivity index (χ1v) is 10.7. The molecule has 0 radical (unpaired) electrons. The van der Waals surface area contributed by atoms with E-state index in [1.165, 1.54) is 11.8 Å². The maximum absolute atomic E-state index is 6.64. The fourth-order valence-electron chi connectivity index (χ4n) is 3.23. The standard InChI is InChI=1S/C21H19ClN8S/c1-29-11-9-25-20(29)31-17-8-7-14(13-16(17)22)21(23)27-19-18(24-10-12-30(19)28-21)26-15-5-3-2-4-6-15/h2-13,28H,23H2,1H3,(H,24,26). The van der Waals surface area contributed by atoms with Crippen LogP contribution in [0.1, 0.15) is 5.56 Å². The zero-order valence-corrected chi connectivity index (χ0v) is 18.1. The number of nitrogens with one attached hydrogen (secondary N) is 2. The molecule has 2 aliphatic heterocycles. The van der Waals surface area contributed by atoms with Gasteiger partial charge >= 0.3 is 0 Å². The average molecular weight is 451 g/mol. The minimum absolute atomic E-state index is 0.578. The number of anilines is 1. The molecule has 3 heterocycles. The predicted octanol–water partition coefficient (Wildman–Crippen LogP) is 3.51. The van der Waals surface area contributed by atoms with Crippen molar-refractivity contribution in [3.05, 3.63) is 83.9 Å². The van der Waals surface area contributed by atoms with E-state index in [0.29, 0.717) is 16.7 Å². The number of fused-ring (bicyclic) bond motifs is 1. The minimum Gasteiger partial charge on any atom is -0.337 e. The van der Waals surface area contributed by atoms with Crippen molar-refractivity contribution in [2.24, 2.45) is 22.8 Å². The highest BCUT2D eigenvalue weighted by molar-refractivity contribution is 7.99. The first-order valence-electron chi connectivity index (χ1n) is 9.50. The van der Waals surface area contributed by atoms with Gasteiger partial charge in [-0.05, 0) is 24.3 Å². The van der Waals surface area contributed by atoms with Crippen LogP contribution < -0.4 is 16.5 Å². The van der Waals surface area contributed by atoms with Gasteiger partial charge in [-0.2, -0.15) is 5.43 Å². The van der Waals surface area contributed by atoms with Crippen molar-refractivity contribution in [3.8, 4) is 0 Å². The summed E-state index contributed by atoms with van der Waals surface area (Å²) in [6, 6.07) is 15.5. The number of halogens is 1. The Morgan fingerprint density at radius 2 is 2.03 bits per heavy atom. The van der Waals surface area contributed by atoms with Gasteiger partial charge in [0.15, 0.2) is 16.8 Å². The van der Waals surface area contributed by atoms with Crippen LogP contribution in [0.25, 0.3) is 0 Å². The number of benzene rings is 2. The summed E-state index contributed by atoms with van der Waals surface area (Å²) in [5, 5.41) is 6.47. The summed E-state index contributed by atoms with van der Waals surface area (Å²) in [5.74, 6) is 0.0113. The number of amidine groups is 2. The van der Waals surface area contributed by atoms with E-state index >= 15 is 0 Å². The van der Waals surface area contributed by atoms with E-state index < -0.39 is 5.79 Å². The Bertz CT molecular complexity index is 1220.